The van der Waals surface area contributed by atoms with E-state index in [2.05, 4.69) is 31.1 Å². The molecule has 2 saturated carbocycles. The van der Waals surface area contributed by atoms with Crippen LogP contribution >= 0.6 is 15.9 Å². The predicted octanol–water partition coefficient (Wildman–Crippen LogP) is 4.32. The van der Waals surface area contributed by atoms with Crippen molar-refractivity contribution in [3.63, 3.8) is 0 Å². The van der Waals surface area contributed by atoms with Gasteiger partial charge in [0.25, 0.3) is 5.56 Å². The average molecular weight is 400 g/mol. The molecule has 3 aromatic rings. The Hall–Kier alpha value is -1.95. The second-order valence-corrected chi connectivity index (χ2v) is 8.31. The van der Waals surface area contributed by atoms with Crippen molar-refractivity contribution in [2.24, 2.45) is 17.8 Å². The van der Waals surface area contributed by atoms with E-state index < -0.39 is 0 Å². The van der Waals surface area contributed by atoms with Crippen LogP contribution in [0.25, 0.3) is 22.3 Å². The molecule has 3 unspecified atom stereocenters. The molecule has 128 valence electrons. The highest BCUT2D eigenvalue weighted by Gasteiger charge is 2.42. The molecule has 2 aromatic heterocycles. The molecular weight excluding hydrogens is 382 g/mol. The fourth-order valence-corrected chi connectivity index (χ4v) is 4.55. The summed E-state index contributed by atoms with van der Waals surface area (Å²) in [6, 6.07) is 7.56. The summed E-state index contributed by atoms with van der Waals surface area (Å²) >= 11 is 3.46. The van der Waals surface area contributed by atoms with E-state index in [-0.39, 0.29) is 5.56 Å². The van der Waals surface area contributed by atoms with E-state index in [1.165, 1.54) is 25.7 Å². The first-order chi connectivity index (χ1) is 12.2. The Labute approximate surface area is 153 Å². The molecule has 1 N–H and O–H groups in total. The van der Waals surface area contributed by atoms with Gasteiger partial charge in [0, 0.05) is 21.8 Å². The number of hydrogen-bond donors (Lipinski definition) is 1. The van der Waals surface area contributed by atoms with Crippen molar-refractivity contribution >= 4 is 26.8 Å². The molecule has 0 saturated heterocycles. The largest absolute Gasteiger partial charge is 0.339 e. The highest BCUT2D eigenvalue weighted by atomic mass is 79.9. The number of nitrogens with zero attached hydrogens (tertiary/aromatic N) is 2. The summed E-state index contributed by atoms with van der Waals surface area (Å²) in [5.74, 6) is 3.59. The molecule has 1 aromatic carbocycles. The Bertz CT molecular complexity index is 1010. The fourth-order valence-electron chi connectivity index (χ4n) is 4.17. The first kappa shape index (κ1) is 15.3. The molecule has 3 atom stereocenters. The smallest absolute Gasteiger partial charge is 0.259 e. The monoisotopic (exact) mass is 399 g/mol. The van der Waals surface area contributed by atoms with Crippen molar-refractivity contribution in [1.82, 2.24) is 15.1 Å². The van der Waals surface area contributed by atoms with Crippen LogP contribution < -0.4 is 5.56 Å². The van der Waals surface area contributed by atoms with Gasteiger partial charge < -0.3 is 9.51 Å². The molecule has 0 bridgehead atoms. The zero-order valence-corrected chi connectivity index (χ0v) is 15.3. The summed E-state index contributed by atoms with van der Waals surface area (Å²) in [7, 11) is 0. The Morgan fingerprint density at radius 2 is 2.12 bits per heavy atom. The van der Waals surface area contributed by atoms with E-state index in [4.69, 9.17) is 4.52 Å². The summed E-state index contributed by atoms with van der Waals surface area (Å²) in [6.07, 6.45) is 6.12. The maximum absolute atomic E-state index is 12.4. The van der Waals surface area contributed by atoms with Crippen molar-refractivity contribution in [1.29, 1.82) is 0 Å². The molecule has 0 spiro atoms. The minimum atomic E-state index is -0.194. The van der Waals surface area contributed by atoms with Crippen LogP contribution in [0.2, 0.25) is 0 Å². The summed E-state index contributed by atoms with van der Waals surface area (Å²) in [4.78, 5) is 19.8. The van der Waals surface area contributed by atoms with Crippen molar-refractivity contribution in [3.8, 4) is 11.4 Å². The van der Waals surface area contributed by atoms with Crippen LogP contribution in [0.4, 0.5) is 0 Å². The molecule has 5 rings (SSSR count). The third-order valence-electron chi connectivity index (χ3n) is 5.63. The van der Waals surface area contributed by atoms with E-state index >= 15 is 0 Å². The number of benzene rings is 1. The van der Waals surface area contributed by atoms with Crippen LogP contribution in [0.1, 0.15) is 31.6 Å². The predicted molar refractivity (Wildman–Crippen MR) is 98.2 cm³/mol. The lowest BCUT2D eigenvalue weighted by atomic mass is 9.87. The lowest BCUT2D eigenvalue weighted by Gasteiger charge is -2.18. The van der Waals surface area contributed by atoms with Gasteiger partial charge in [-0.1, -0.05) is 21.1 Å². The molecular formula is C19H18BrN3O2. The number of nitrogens with one attached hydrogen (secondary N) is 1. The van der Waals surface area contributed by atoms with Crippen molar-refractivity contribution in [2.75, 3.05) is 0 Å². The number of pyridine rings is 1. The van der Waals surface area contributed by atoms with Crippen molar-refractivity contribution < 1.29 is 4.52 Å². The quantitative estimate of drug-likeness (QED) is 0.711. The molecule has 6 heteroatoms. The number of hydrogen-bond acceptors (Lipinski definition) is 4. The third kappa shape index (κ3) is 2.92. The Kier molecular flexibility index (Phi) is 3.55. The summed E-state index contributed by atoms with van der Waals surface area (Å²) < 4.78 is 6.40. The van der Waals surface area contributed by atoms with Gasteiger partial charge in [-0.05, 0) is 67.7 Å². The van der Waals surface area contributed by atoms with Gasteiger partial charge in [-0.2, -0.15) is 4.98 Å². The number of rotatable bonds is 3. The average Bonchev–Trinajstić information content (AvgIpc) is 3.23. The molecule has 2 fully saturated rings. The number of aromatic amines is 1. The minimum absolute atomic E-state index is 0.194. The molecule has 0 radical (unpaired) electrons. The van der Waals surface area contributed by atoms with Crippen molar-refractivity contribution in [3.05, 3.63) is 45.0 Å². The van der Waals surface area contributed by atoms with E-state index in [0.717, 1.165) is 33.6 Å². The van der Waals surface area contributed by atoms with Crippen LogP contribution in [0, 0.1) is 17.8 Å². The van der Waals surface area contributed by atoms with Gasteiger partial charge in [-0.15, -0.1) is 0 Å². The van der Waals surface area contributed by atoms with E-state index in [1.54, 1.807) is 0 Å². The summed E-state index contributed by atoms with van der Waals surface area (Å²) in [5.41, 5.74) is 1.05. The topological polar surface area (TPSA) is 71.8 Å². The Balaban J connectivity index is 1.43. The highest BCUT2D eigenvalue weighted by Crippen LogP contribution is 2.51. The zero-order valence-electron chi connectivity index (χ0n) is 13.7. The summed E-state index contributed by atoms with van der Waals surface area (Å²) in [5, 5.41) is 4.99. The van der Waals surface area contributed by atoms with Gasteiger partial charge in [0.05, 0.1) is 5.56 Å². The molecule has 0 aliphatic heterocycles. The van der Waals surface area contributed by atoms with E-state index in [9.17, 15) is 4.79 Å². The second kappa shape index (κ2) is 5.80. The van der Waals surface area contributed by atoms with Gasteiger partial charge in [0.1, 0.15) is 0 Å². The van der Waals surface area contributed by atoms with E-state index in [1.807, 2.05) is 24.3 Å². The molecule has 2 aliphatic rings. The Morgan fingerprint density at radius 1 is 1.20 bits per heavy atom. The Morgan fingerprint density at radius 3 is 3.00 bits per heavy atom. The normalized spacial score (nSPS) is 25.1. The number of aromatic nitrogens is 3. The van der Waals surface area contributed by atoms with E-state index in [0.29, 0.717) is 23.2 Å². The lowest BCUT2D eigenvalue weighted by Crippen LogP contribution is -2.12. The molecule has 25 heavy (non-hydrogen) atoms. The van der Waals surface area contributed by atoms with Crippen LogP contribution in [-0.4, -0.2) is 15.1 Å². The summed E-state index contributed by atoms with van der Waals surface area (Å²) in [6.45, 7) is 0. The van der Waals surface area contributed by atoms with Gasteiger partial charge in [-0.25, -0.2) is 0 Å². The van der Waals surface area contributed by atoms with Crippen LogP contribution in [0.15, 0.2) is 38.1 Å². The maximum Gasteiger partial charge on any atom is 0.259 e. The molecule has 2 heterocycles. The lowest BCUT2D eigenvalue weighted by molar-refractivity contribution is 0.297. The molecule has 2 aliphatic carbocycles. The number of halogens is 1. The third-order valence-corrected chi connectivity index (χ3v) is 6.12. The molecule has 5 nitrogen and oxygen atoms in total. The van der Waals surface area contributed by atoms with Crippen LogP contribution in [0.5, 0.6) is 0 Å². The highest BCUT2D eigenvalue weighted by molar-refractivity contribution is 9.10. The number of fused-ring (bicyclic) bond motifs is 2. The molecule has 0 amide bonds. The maximum atomic E-state index is 12.4. The SMILES string of the molecule is O=c1[nH]c2ccc(Br)cc2cc1-c1noc(CC2CCC3CC3C2)n1. The number of H-pyrrole nitrogens is 1. The van der Waals surface area contributed by atoms with Gasteiger partial charge in [0.15, 0.2) is 0 Å². The van der Waals surface area contributed by atoms with Crippen LogP contribution in [0.3, 0.4) is 0 Å². The first-order valence-electron chi connectivity index (χ1n) is 8.81. The van der Waals surface area contributed by atoms with Crippen molar-refractivity contribution in [2.45, 2.75) is 32.1 Å². The second-order valence-electron chi connectivity index (χ2n) is 7.39. The fraction of sp³-hybridized carbons (Fsp3) is 0.421. The minimum Gasteiger partial charge on any atom is -0.339 e. The van der Waals surface area contributed by atoms with Gasteiger partial charge >= 0.3 is 0 Å². The van der Waals surface area contributed by atoms with Gasteiger partial charge in [0.2, 0.25) is 11.7 Å². The zero-order chi connectivity index (χ0) is 17.0. The standard InChI is InChI=1S/C19H18BrN3O2/c20-14-3-4-16-13(8-14)9-15(19(24)21-16)18-22-17(25-23-18)6-10-1-2-11-7-12(11)5-10/h3-4,8-12H,1-2,5-7H2,(H,21,24). The first-order valence-corrected chi connectivity index (χ1v) is 9.60. The van der Waals surface area contributed by atoms with Crippen LogP contribution in [-0.2, 0) is 6.42 Å². The van der Waals surface area contributed by atoms with Gasteiger partial charge in [-0.3, -0.25) is 4.79 Å².